The monoisotopic (exact) mass is 422 g/mol. The summed E-state index contributed by atoms with van der Waals surface area (Å²) in [6, 6.07) is 3.83. The molecule has 2 aromatic rings. The summed E-state index contributed by atoms with van der Waals surface area (Å²) in [6.07, 6.45) is 8.85. The van der Waals surface area contributed by atoms with Crippen LogP contribution in [0.4, 0.5) is 0 Å². The molecule has 1 aliphatic carbocycles. The number of aryl methyl sites for hydroxylation is 1. The van der Waals surface area contributed by atoms with Crippen molar-refractivity contribution in [3.63, 3.8) is 0 Å². The molecule has 2 aliphatic heterocycles. The van der Waals surface area contributed by atoms with E-state index in [1.807, 2.05) is 17.0 Å². The second kappa shape index (κ2) is 8.44. The van der Waals surface area contributed by atoms with Crippen molar-refractivity contribution in [2.24, 2.45) is 11.8 Å². The van der Waals surface area contributed by atoms with Crippen LogP contribution in [-0.4, -0.2) is 51.4 Å². The van der Waals surface area contributed by atoms with Crippen molar-refractivity contribution in [2.45, 2.75) is 57.9 Å². The molecular formula is C24H30N4O3. The predicted octanol–water partition coefficient (Wildman–Crippen LogP) is 2.95. The van der Waals surface area contributed by atoms with Gasteiger partial charge < -0.3 is 14.3 Å². The van der Waals surface area contributed by atoms with Crippen LogP contribution in [0.1, 0.15) is 61.1 Å². The predicted molar refractivity (Wildman–Crippen MR) is 114 cm³/mol. The number of aromatic nitrogens is 2. The first-order valence-electron chi connectivity index (χ1n) is 11.5. The Hall–Kier alpha value is -2.70. The van der Waals surface area contributed by atoms with E-state index < -0.39 is 0 Å². The molecule has 3 aliphatic rings. The summed E-state index contributed by atoms with van der Waals surface area (Å²) in [5, 5.41) is 4.33. The van der Waals surface area contributed by atoms with E-state index in [0.29, 0.717) is 31.3 Å². The van der Waals surface area contributed by atoms with Crippen molar-refractivity contribution in [1.29, 1.82) is 0 Å². The van der Waals surface area contributed by atoms with E-state index in [4.69, 9.17) is 4.52 Å². The first kappa shape index (κ1) is 20.2. The molecule has 2 saturated heterocycles. The van der Waals surface area contributed by atoms with Gasteiger partial charge in [-0.05, 0) is 55.7 Å². The highest BCUT2D eigenvalue weighted by atomic mass is 16.5. The van der Waals surface area contributed by atoms with E-state index in [2.05, 4.69) is 17.1 Å². The van der Waals surface area contributed by atoms with Crippen LogP contribution in [0.2, 0.25) is 0 Å². The normalized spacial score (nSPS) is 24.5. The van der Waals surface area contributed by atoms with Crippen LogP contribution in [0.15, 0.2) is 29.0 Å². The summed E-state index contributed by atoms with van der Waals surface area (Å²) in [5.74, 6) is 2.05. The molecule has 7 heteroatoms. The highest BCUT2D eigenvalue weighted by molar-refractivity contribution is 5.89. The molecule has 2 aromatic heterocycles. The number of likely N-dealkylation sites (tertiary alicyclic amines) is 2. The molecular weight excluding hydrogens is 392 g/mol. The van der Waals surface area contributed by atoms with Crippen molar-refractivity contribution >= 4 is 11.8 Å². The van der Waals surface area contributed by atoms with E-state index in [1.54, 1.807) is 17.3 Å². The van der Waals surface area contributed by atoms with Crippen molar-refractivity contribution < 1.29 is 14.1 Å². The summed E-state index contributed by atoms with van der Waals surface area (Å²) < 4.78 is 5.78. The van der Waals surface area contributed by atoms with Gasteiger partial charge in [-0.1, -0.05) is 12.1 Å². The molecule has 0 unspecified atom stereocenters. The summed E-state index contributed by atoms with van der Waals surface area (Å²) >= 11 is 0. The first-order valence-corrected chi connectivity index (χ1v) is 11.5. The third-order valence-corrected chi connectivity index (χ3v) is 7.19. The third kappa shape index (κ3) is 4.10. The maximum atomic E-state index is 13.1. The number of carbonyl (C=O) groups excluding carboxylic acids is 2. The zero-order valence-corrected chi connectivity index (χ0v) is 18.1. The Morgan fingerprint density at radius 3 is 2.71 bits per heavy atom. The fourth-order valence-electron chi connectivity index (χ4n) is 5.35. The Labute approximate surface area is 182 Å². The van der Waals surface area contributed by atoms with Gasteiger partial charge >= 0.3 is 0 Å². The minimum absolute atomic E-state index is 0.0625. The summed E-state index contributed by atoms with van der Waals surface area (Å²) in [6.45, 7) is 4.80. The Kier molecular flexibility index (Phi) is 5.50. The Morgan fingerprint density at radius 1 is 1.16 bits per heavy atom. The third-order valence-electron chi connectivity index (χ3n) is 7.19. The Morgan fingerprint density at radius 2 is 1.94 bits per heavy atom. The summed E-state index contributed by atoms with van der Waals surface area (Å²) in [7, 11) is 0. The molecule has 2 fully saturated rings. The molecule has 0 bridgehead atoms. The zero-order valence-electron chi connectivity index (χ0n) is 18.1. The maximum Gasteiger partial charge on any atom is 0.227 e. The molecule has 7 nitrogen and oxygen atoms in total. The van der Waals surface area contributed by atoms with Gasteiger partial charge in [0.05, 0.1) is 11.6 Å². The molecule has 0 saturated carbocycles. The minimum Gasteiger partial charge on any atom is -0.361 e. The van der Waals surface area contributed by atoms with Crippen LogP contribution < -0.4 is 0 Å². The van der Waals surface area contributed by atoms with Crippen LogP contribution >= 0.6 is 0 Å². The number of piperidine rings is 1. The smallest absolute Gasteiger partial charge is 0.227 e. The van der Waals surface area contributed by atoms with E-state index >= 15 is 0 Å². The van der Waals surface area contributed by atoms with Gasteiger partial charge in [-0.25, -0.2) is 0 Å². The number of nitrogens with zero attached hydrogens (tertiary/aromatic N) is 4. The van der Waals surface area contributed by atoms with Crippen molar-refractivity contribution in [3.05, 3.63) is 47.1 Å². The molecule has 0 N–H and O–H groups in total. The van der Waals surface area contributed by atoms with Crippen molar-refractivity contribution in [1.82, 2.24) is 19.9 Å². The average Bonchev–Trinajstić information content (AvgIpc) is 3.37. The lowest BCUT2D eigenvalue weighted by Crippen LogP contribution is -2.42. The van der Waals surface area contributed by atoms with Gasteiger partial charge in [0.15, 0.2) is 0 Å². The number of fused-ring (bicyclic) bond motifs is 1. The average molecular weight is 423 g/mol. The molecule has 5 rings (SSSR count). The number of hydrogen-bond acceptors (Lipinski definition) is 5. The number of hydrogen-bond donors (Lipinski definition) is 0. The van der Waals surface area contributed by atoms with E-state index in [9.17, 15) is 9.59 Å². The quantitative estimate of drug-likeness (QED) is 0.757. The fraction of sp³-hybridized carbons (Fsp3) is 0.583. The molecule has 2 amide bonds. The van der Waals surface area contributed by atoms with Crippen molar-refractivity contribution in [2.75, 3.05) is 19.6 Å². The van der Waals surface area contributed by atoms with E-state index in [-0.39, 0.29) is 17.7 Å². The Balaban J connectivity index is 1.17. The lowest BCUT2D eigenvalue weighted by Gasteiger charge is -2.33. The van der Waals surface area contributed by atoms with Crippen LogP contribution in [-0.2, 0) is 29.0 Å². The van der Waals surface area contributed by atoms with Crippen LogP contribution in [0.3, 0.4) is 0 Å². The second-order valence-electron chi connectivity index (χ2n) is 9.45. The standard InChI is InChI=1S/C24H30N4O3/c1-16-2-3-21-20(12-16)23(31-26-21)18-6-10-27(11-7-18)24(30)19-13-22(29)28(15-19)14-17-4-8-25-9-5-17/h4-5,8-9,16,18-19H,2-3,6-7,10-15H2,1H3/t16-,19+/m1/s1. The number of rotatable bonds is 4. The Bertz CT molecular complexity index is 949. The maximum absolute atomic E-state index is 13.1. The lowest BCUT2D eigenvalue weighted by atomic mass is 9.83. The molecule has 2 atom stereocenters. The van der Waals surface area contributed by atoms with E-state index in [1.165, 1.54) is 12.0 Å². The molecule has 31 heavy (non-hydrogen) atoms. The van der Waals surface area contributed by atoms with Gasteiger partial charge in [0.25, 0.3) is 0 Å². The molecule has 4 heterocycles. The van der Waals surface area contributed by atoms with Gasteiger partial charge in [0.1, 0.15) is 5.76 Å². The number of pyridine rings is 1. The summed E-state index contributed by atoms with van der Waals surface area (Å²) in [5.41, 5.74) is 3.52. The first-order chi connectivity index (χ1) is 15.1. The van der Waals surface area contributed by atoms with Crippen molar-refractivity contribution in [3.8, 4) is 0 Å². The van der Waals surface area contributed by atoms with Gasteiger partial charge in [-0.3, -0.25) is 14.6 Å². The summed E-state index contributed by atoms with van der Waals surface area (Å²) in [4.78, 5) is 33.4. The molecule has 0 aromatic carbocycles. The second-order valence-corrected chi connectivity index (χ2v) is 9.45. The topological polar surface area (TPSA) is 79.5 Å². The fourth-order valence-corrected chi connectivity index (χ4v) is 5.35. The number of amides is 2. The van der Waals surface area contributed by atoms with Gasteiger partial charge in [0, 0.05) is 56.5 Å². The number of carbonyl (C=O) groups is 2. The van der Waals surface area contributed by atoms with Gasteiger partial charge in [-0.15, -0.1) is 0 Å². The van der Waals surface area contributed by atoms with Crippen LogP contribution in [0, 0.1) is 11.8 Å². The molecule has 0 spiro atoms. The molecule has 164 valence electrons. The van der Waals surface area contributed by atoms with Crippen LogP contribution in [0.25, 0.3) is 0 Å². The highest BCUT2D eigenvalue weighted by Gasteiger charge is 2.38. The lowest BCUT2D eigenvalue weighted by molar-refractivity contribution is -0.136. The molecule has 0 radical (unpaired) electrons. The van der Waals surface area contributed by atoms with Crippen LogP contribution in [0.5, 0.6) is 0 Å². The van der Waals surface area contributed by atoms with Gasteiger partial charge in [0.2, 0.25) is 11.8 Å². The minimum atomic E-state index is -0.232. The van der Waals surface area contributed by atoms with Gasteiger partial charge in [-0.2, -0.15) is 0 Å². The zero-order chi connectivity index (χ0) is 21.4. The SMILES string of the molecule is C[C@@H]1CCc2noc(C3CCN(C(=O)[C@H]4CC(=O)N(Cc5ccncc5)C4)CC3)c2C1. The largest absolute Gasteiger partial charge is 0.361 e. The van der Waals surface area contributed by atoms with E-state index in [0.717, 1.165) is 55.8 Å². The highest BCUT2D eigenvalue weighted by Crippen LogP contribution is 2.36.